The Bertz CT molecular complexity index is 228. The van der Waals surface area contributed by atoms with Gasteiger partial charge in [0.25, 0.3) is 0 Å². The van der Waals surface area contributed by atoms with Crippen molar-refractivity contribution in [3.8, 4) is 0 Å². The normalized spacial score (nSPS) is 10.9. The first-order valence-corrected chi connectivity index (χ1v) is 4.11. The van der Waals surface area contributed by atoms with Crippen LogP contribution in [-0.4, -0.2) is 9.55 Å². The molecule has 0 fully saturated rings. The van der Waals surface area contributed by atoms with E-state index >= 15 is 0 Å². The fourth-order valence-electron chi connectivity index (χ4n) is 0.800. The molecule has 0 radical (unpaired) electrons. The van der Waals surface area contributed by atoms with Gasteiger partial charge in [-0.15, -0.1) is 0 Å². The van der Waals surface area contributed by atoms with Crippen molar-refractivity contribution in [3.63, 3.8) is 0 Å². The third-order valence-corrected chi connectivity index (χ3v) is 2.44. The molecule has 1 aromatic rings. The van der Waals surface area contributed by atoms with E-state index in [1.165, 1.54) is 0 Å². The number of aromatic nitrogens is 2. The molecule has 0 bridgehead atoms. The summed E-state index contributed by atoms with van der Waals surface area (Å²) < 4.78 is 3.18. The summed E-state index contributed by atoms with van der Waals surface area (Å²) in [6, 6.07) is 0.482. The SMILES string of the molecule is Cc1ncn(C(C)C)c1Br. The molecule has 1 heterocycles. The number of aryl methyl sites for hydroxylation is 1. The van der Waals surface area contributed by atoms with E-state index in [4.69, 9.17) is 0 Å². The van der Waals surface area contributed by atoms with Gasteiger partial charge >= 0.3 is 0 Å². The van der Waals surface area contributed by atoms with Gasteiger partial charge in [0, 0.05) is 6.04 Å². The van der Waals surface area contributed by atoms with Crippen molar-refractivity contribution in [3.05, 3.63) is 16.6 Å². The molecule has 0 aliphatic rings. The molecule has 2 nitrogen and oxygen atoms in total. The van der Waals surface area contributed by atoms with Crippen LogP contribution in [0.3, 0.4) is 0 Å². The summed E-state index contributed by atoms with van der Waals surface area (Å²) in [5, 5.41) is 0. The lowest BCUT2D eigenvalue weighted by Crippen LogP contribution is -1.98. The van der Waals surface area contributed by atoms with Crippen molar-refractivity contribution in [2.75, 3.05) is 0 Å². The van der Waals surface area contributed by atoms with Crippen molar-refractivity contribution in [2.24, 2.45) is 0 Å². The third kappa shape index (κ3) is 1.24. The predicted molar refractivity (Wildman–Crippen MR) is 45.0 cm³/mol. The highest BCUT2D eigenvalue weighted by molar-refractivity contribution is 9.10. The lowest BCUT2D eigenvalue weighted by molar-refractivity contribution is 0.588. The van der Waals surface area contributed by atoms with Gasteiger partial charge < -0.3 is 4.57 Å². The Morgan fingerprint density at radius 1 is 1.60 bits per heavy atom. The number of halogens is 1. The third-order valence-electron chi connectivity index (χ3n) is 1.46. The molecular weight excluding hydrogens is 192 g/mol. The molecule has 56 valence electrons. The molecule has 3 heteroatoms. The van der Waals surface area contributed by atoms with Crippen LogP contribution in [0.1, 0.15) is 25.6 Å². The van der Waals surface area contributed by atoms with Crippen LogP contribution < -0.4 is 0 Å². The van der Waals surface area contributed by atoms with E-state index in [0.29, 0.717) is 6.04 Å². The van der Waals surface area contributed by atoms with Crippen molar-refractivity contribution >= 4 is 15.9 Å². The van der Waals surface area contributed by atoms with E-state index in [2.05, 4.69) is 39.3 Å². The number of imidazole rings is 1. The molecule has 0 saturated heterocycles. The molecule has 0 aromatic carbocycles. The summed E-state index contributed by atoms with van der Waals surface area (Å²) in [5.41, 5.74) is 1.05. The number of nitrogens with zero attached hydrogens (tertiary/aromatic N) is 2. The second-order valence-electron chi connectivity index (χ2n) is 2.62. The van der Waals surface area contributed by atoms with Crippen LogP contribution in [0.4, 0.5) is 0 Å². The number of rotatable bonds is 1. The summed E-state index contributed by atoms with van der Waals surface area (Å²) in [5.74, 6) is 0. The maximum atomic E-state index is 4.15. The minimum Gasteiger partial charge on any atom is -0.323 e. The lowest BCUT2D eigenvalue weighted by atomic mass is 10.4. The summed E-state index contributed by atoms with van der Waals surface area (Å²) >= 11 is 3.45. The Kier molecular flexibility index (Phi) is 2.14. The molecule has 1 aromatic heterocycles. The van der Waals surface area contributed by atoms with Gasteiger partial charge in [-0.1, -0.05) is 0 Å². The Labute approximate surface area is 69.4 Å². The van der Waals surface area contributed by atoms with Gasteiger partial charge in [0.05, 0.1) is 12.0 Å². The number of hydrogen-bond donors (Lipinski definition) is 0. The molecule has 0 saturated carbocycles. The topological polar surface area (TPSA) is 17.8 Å². The van der Waals surface area contributed by atoms with E-state index in [-0.39, 0.29) is 0 Å². The van der Waals surface area contributed by atoms with Gasteiger partial charge in [-0.05, 0) is 36.7 Å². The molecule has 0 spiro atoms. The van der Waals surface area contributed by atoms with E-state index < -0.39 is 0 Å². The van der Waals surface area contributed by atoms with Crippen LogP contribution in [0.15, 0.2) is 10.9 Å². The number of hydrogen-bond acceptors (Lipinski definition) is 1. The van der Waals surface area contributed by atoms with E-state index in [1.807, 2.05) is 13.3 Å². The minimum atomic E-state index is 0.482. The predicted octanol–water partition coefficient (Wildman–Crippen LogP) is 2.53. The van der Waals surface area contributed by atoms with Crippen LogP contribution in [0.2, 0.25) is 0 Å². The first-order chi connectivity index (χ1) is 4.63. The molecule has 0 aliphatic heterocycles. The first kappa shape index (κ1) is 7.79. The molecule has 0 N–H and O–H groups in total. The van der Waals surface area contributed by atoms with Gasteiger partial charge in [0.1, 0.15) is 4.60 Å². The quantitative estimate of drug-likeness (QED) is 0.685. The van der Waals surface area contributed by atoms with Crippen LogP contribution >= 0.6 is 15.9 Å². The van der Waals surface area contributed by atoms with E-state index in [0.717, 1.165) is 10.3 Å². The molecule has 1 rings (SSSR count). The van der Waals surface area contributed by atoms with Gasteiger partial charge in [0.2, 0.25) is 0 Å². The molecular formula is C7H11BrN2. The Morgan fingerprint density at radius 3 is 2.40 bits per heavy atom. The standard InChI is InChI=1S/C7H11BrN2/c1-5(2)10-4-9-6(3)7(10)8/h4-5H,1-3H3. The van der Waals surface area contributed by atoms with Crippen molar-refractivity contribution in [1.29, 1.82) is 0 Å². The molecule has 10 heavy (non-hydrogen) atoms. The summed E-state index contributed by atoms with van der Waals surface area (Å²) in [7, 11) is 0. The summed E-state index contributed by atoms with van der Waals surface area (Å²) in [4.78, 5) is 4.15. The monoisotopic (exact) mass is 202 g/mol. The molecule has 0 atom stereocenters. The Morgan fingerprint density at radius 2 is 2.20 bits per heavy atom. The maximum absolute atomic E-state index is 4.15. The lowest BCUT2D eigenvalue weighted by Gasteiger charge is -2.06. The molecule has 0 aliphatic carbocycles. The zero-order valence-corrected chi connectivity index (χ0v) is 8.01. The van der Waals surface area contributed by atoms with Crippen LogP contribution in [0.5, 0.6) is 0 Å². The second kappa shape index (κ2) is 2.74. The van der Waals surface area contributed by atoms with E-state index in [9.17, 15) is 0 Å². The van der Waals surface area contributed by atoms with Crippen molar-refractivity contribution < 1.29 is 0 Å². The van der Waals surface area contributed by atoms with Gasteiger partial charge in [0.15, 0.2) is 0 Å². The largest absolute Gasteiger partial charge is 0.323 e. The molecule has 0 unspecified atom stereocenters. The van der Waals surface area contributed by atoms with E-state index in [1.54, 1.807) is 0 Å². The maximum Gasteiger partial charge on any atom is 0.108 e. The second-order valence-corrected chi connectivity index (χ2v) is 3.37. The van der Waals surface area contributed by atoms with Crippen LogP contribution in [0.25, 0.3) is 0 Å². The zero-order valence-electron chi connectivity index (χ0n) is 6.43. The Hall–Kier alpha value is -0.310. The molecule has 0 amide bonds. The van der Waals surface area contributed by atoms with Crippen molar-refractivity contribution in [1.82, 2.24) is 9.55 Å². The zero-order chi connectivity index (χ0) is 7.72. The average molecular weight is 203 g/mol. The van der Waals surface area contributed by atoms with Gasteiger partial charge in [-0.2, -0.15) is 0 Å². The Balaban J connectivity index is 3.05. The van der Waals surface area contributed by atoms with Crippen LogP contribution in [-0.2, 0) is 0 Å². The fourth-order valence-corrected chi connectivity index (χ4v) is 1.40. The van der Waals surface area contributed by atoms with Crippen LogP contribution in [0, 0.1) is 6.92 Å². The minimum absolute atomic E-state index is 0.482. The summed E-state index contributed by atoms with van der Waals surface area (Å²) in [6.45, 7) is 6.25. The van der Waals surface area contributed by atoms with Gasteiger partial charge in [-0.25, -0.2) is 4.98 Å². The highest BCUT2D eigenvalue weighted by atomic mass is 79.9. The van der Waals surface area contributed by atoms with Crippen molar-refractivity contribution in [2.45, 2.75) is 26.8 Å². The first-order valence-electron chi connectivity index (χ1n) is 3.32. The highest BCUT2D eigenvalue weighted by Crippen LogP contribution is 2.18. The average Bonchev–Trinajstić information content (AvgIpc) is 2.14. The summed E-state index contributed by atoms with van der Waals surface area (Å²) in [6.07, 6.45) is 1.85. The highest BCUT2D eigenvalue weighted by Gasteiger charge is 2.04. The van der Waals surface area contributed by atoms with Gasteiger partial charge in [-0.3, -0.25) is 0 Å². The fraction of sp³-hybridized carbons (Fsp3) is 0.571. The smallest absolute Gasteiger partial charge is 0.108 e.